The third-order valence-electron chi connectivity index (χ3n) is 2.12. The van der Waals surface area contributed by atoms with Gasteiger partial charge in [-0.3, -0.25) is 14.4 Å². The molecule has 0 bridgehead atoms. The molecule has 5 N–H and O–H groups in total. The van der Waals surface area contributed by atoms with E-state index in [2.05, 4.69) is 16.0 Å². The number of nitrogens with two attached hydrogens (primary N) is 1. The van der Waals surface area contributed by atoms with E-state index in [-0.39, 0.29) is 24.9 Å². The van der Waals surface area contributed by atoms with E-state index in [1.807, 2.05) is 0 Å². The van der Waals surface area contributed by atoms with E-state index in [1.165, 1.54) is 6.92 Å². The van der Waals surface area contributed by atoms with Crippen LogP contribution in [0.2, 0.25) is 0 Å². The molecular weight excluding hydrogens is 248 g/mol. The van der Waals surface area contributed by atoms with Crippen molar-refractivity contribution < 1.29 is 14.4 Å². The number of carbonyl (C=O) groups excluding carboxylic acids is 3. The molecular formula is C12H16N4O3. The fourth-order valence-electron chi connectivity index (χ4n) is 1.30. The van der Waals surface area contributed by atoms with Crippen LogP contribution in [-0.2, 0) is 14.4 Å². The maximum atomic E-state index is 11.5. The molecule has 0 aliphatic rings. The molecule has 0 aromatic heterocycles. The third-order valence-corrected chi connectivity index (χ3v) is 2.12. The van der Waals surface area contributed by atoms with Crippen LogP contribution in [0, 0.1) is 0 Å². The summed E-state index contributed by atoms with van der Waals surface area (Å²) in [7, 11) is 0. The van der Waals surface area contributed by atoms with Gasteiger partial charge in [0.2, 0.25) is 17.7 Å². The molecule has 3 amide bonds. The summed E-state index contributed by atoms with van der Waals surface area (Å²) in [5, 5.41) is 7.56. The predicted octanol–water partition coefficient (Wildman–Crippen LogP) is -0.342. The zero-order chi connectivity index (χ0) is 14.3. The van der Waals surface area contributed by atoms with Crippen molar-refractivity contribution in [1.82, 2.24) is 5.32 Å². The molecule has 19 heavy (non-hydrogen) atoms. The summed E-state index contributed by atoms with van der Waals surface area (Å²) >= 11 is 0. The monoisotopic (exact) mass is 264 g/mol. The van der Waals surface area contributed by atoms with Crippen LogP contribution >= 0.6 is 0 Å². The molecule has 0 radical (unpaired) electrons. The van der Waals surface area contributed by atoms with Crippen molar-refractivity contribution in [2.24, 2.45) is 5.73 Å². The Morgan fingerprint density at radius 1 is 1.00 bits per heavy atom. The largest absolute Gasteiger partial charge is 0.346 e. The first-order valence-electron chi connectivity index (χ1n) is 5.65. The Balaban J connectivity index is 2.46. The van der Waals surface area contributed by atoms with E-state index in [4.69, 9.17) is 5.73 Å². The normalized spacial score (nSPS) is 9.58. The van der Waals surface area contributed by atoms with Crippen LogP contribution in [0.3, 0.4) is 0 Å². The Bertz CT molecular complexity index is 470. The standard InChI is InChI=1S/C12H16N4O3/c1-8(17)15-9-2-4-10(5-3-9)16-12(19)7-14-11(18)6-13/h2-5H,6-7,13H2,1H3,(H,14,18)(H,15,17)(H,16,19). The molecule has 0 spiro atoms. The first-order valence-corrected chi connectivity index (χ1v) is 5.65. The summed E-state index contributed by atoms with van der Waals surface area (Å²) in [4.78, 5) is 33.1. The molecule has 0 heterocycles. The molecule has 1 aromatic carbocycles. The molecule has 0 saturated carbocycles. The number of hydrogen-bond donors (Lipinski definition) is 4. The van der Waals surface area contributed by atoms with Gasteiger partial charge in [0.15, 0.2) is 0 Å². The van der Waals surface area contributed by atoms with Gasteiger partial charge in [0.1, 0.15) is 0 Å². The lowest BCUT2D eigenvalue weighted by molar-refractivity contribution is -0.123. The van der Waals surface area contributed by atoms with Crippen molar-refractivity contribution >= 4 is 29.1 Å². The Kier molecular flexibility index (Phi) is 5.49. The number of rotatable bonds is 5. The summed E-state index contributed by atoms with van der Waals surface area (Å²) in [5.41, 5.74) is 6.30. The smallest absolute Gasteiger partial charge is 0.243 e. The zero-order valence-electron chi connectivity index (χ0n) is 10.5. The lowest BCUT2D eigenvalue weighted by atomic mass is 10.2. The highest BCUT2D eigenvalue weighted by Gasteiger charge is 2.04. The van der Waals surface area contributed by atoms with Crippen LogP contribution in [0.25, 0.3) is 0 Å². The molecule has 1 rings (SSSR count). The van der Waals surface area contributed by atoms with E-state index >= 15 is 0 Å². The molecule has 102 valence electrons. The van der Waals surface area contributed by atoms with Crippen molar-refractivity contribution in [1.29, 1.82) is 0 Å². The topological polar surface area (TPSA) is 113 Å². The van der Waals surface area contributed by atoms with Gasteiger partial charge >= 0.3 is 0 Å². The van der Waals surface area contributed by atoms with Gasteiger partial charge in [0, 0.05) is 18.3 Å². The van der Waals surface area contributed by atoms with E-state index in [9.17, 15) is 14.4 Å². The Morgan fingerprint density at radius 3 is 2.00 bits per heavy atom. The number of carbonyl (C=O) groups is 3. The first kappa shape index (κ1) is 14.7. The molecule has 7 heteroatoms. The van der Waals surface area contributed by atoms with Gasteiger partial charge in [-0.15, -0.1) is 0 Å². The van der Waals surface area contributed by atoms with Crippen LogP contribution in [0.5, 0.6) is 0 Å². The molecule has 0 aliphatic heterocycles. The fourth-order valence-corrected chi connectivity index (χ4v) is 1.30. The van der Waals surface area contributed by atoms with Crippen molar-refractivity contribution in [2.45, 2.75) is 6.92 Å². The van der Waals surface area contributed by atoms with Gasteiger partial charge in [0.05, 0.1) is 13.1 Å². The van der Waals surface area contributed by atoms with Crippen LogP contribution in [0.15, 0.2) is 24.3 Å². The summed E-state index contributed by atoms with van der Waals surface area (Å²) in [6.07, 6.45) is 0. The third kappa shape index (κ3) is 5.64. The molecule has 0 atom stereocenters. The minimum absolute atomic E-state index is 0.135. The van der Waals surface area contributed by atoms with Crippen LogP contribution in [0.4, 0.5) is 11.4 Å². The number of nitrogens with one attached hydrogen (secondary N) is 3. The summed E-state index contributed by atoms with van der Waals surface area (Å²) in [5.74, 6) is -0.911. The Morgan fingerprint density at radius 2 is 1.53 bits per heavy atom. The van der Waals surface area contributed by atoms with Crippen molar-refractivity contribution in [3.63, 3.8) is 0 Å². The maximum absolute atomic E-state index is 11.5. The van der Waals surface area contributed by atoms with Crippen LogP contribution < -0.4 is 21.7 Å². The number of amides is 3. The quantitative estimate of drug-likeness (QED) is 0.582. The predicted molar refractivity (Wildman–Crippen MR) is 71.4 cm³/mol. The lowest BCUT2D eigenvalue weighted by Crippen LogP contribution is -2.36. The van der Waals surface area contributed by atoms with E-state index in [1.54, 1.807) is 24.3 Å². The summed E-state index contributed by atoms with van der Waals surface area (Å²) in [6, 6.07) is 6.62. The Labute approximate surface area is 110 Å². The van der Waals surface area contributed by atoms with Crippen molar-refractivity contribution in [2.75, 3.05) is 23.7 Å². The van der Waals surface area contributed by atoms with Gasteiger partial charge in [-0.05, 0) is 24.3 Å². The Hall–Kier alpha value is -2.41. The first-order chi connectivity index (χ1) is 9.01. The molecule has 7 nitrogen and oxygen atoms in total. The fraction of sp³-hybridized carbons (Fsp3) is 0.250. The second-order valence-electron chi connectivity index (χ2n) is 3.79. The molecule has 0 fully saturated rings. The minimum atomic E-state index is -0.392. The van der Waals surface area contributed by atoms with Gasteiger partial charge in [-0.2, -0.15) is 0 Å². The number of anilines is 2. The highest BCUT2D eigenvalue weighted by atomic mass is 16.2. The average molecular weight is 264 g/mol. The van der Waals surface area contributed by atoms with Crippen LogP contribution in [0.1, 0.15) is 6.92 Å². The second-order valence-corrected chi connectivity index (χ2v) is 3.79. The van der Waals surface area contributed by atoms with Gasteiger partial charge in [0.25, 0.3) is 0 Å². The van der Waals surface area contributed by atoms with Gasteiger partial charge in [-0.1, -0.05) is 0 Å². The van der Waals surface area contributed by atoms with Gasteiger partial charge < -0.3 is 21.7 Å². The summed E-state index contributed by atoms with van der Waals surface area (Å²) in [6.45, 7) is 1.12. The van der Waals surface area contributed by atoms with E-state index < -0.39 is 5.91 Å². The summed E-state index contributed by atoms with van der Waals surface area (Å²) < 4.78 is 0. The molecule has 1 aromatic rings. The lowest BCUT2D eigenvalue weighted by Gasteiger charge is -2.07. The second kappa shape index (κ2) is 7.12. The van der Waals surface area contributed by atoms with Gasteiger partial charge in [-0.25, -0.2) is 0 Å². The number of benzene rings is 1. The minimum Gasteiger partial charge on any atom is -0.346 e. The zero-order valence-corrected chi connectivity index (χ0v) is 10.5. The highest BCUT2D eigenvalue weighted by molar-refractivity contribution is 5.95. The van der Waals surface area contributed by atoms with Crippen LogP contribution in [-0.4, -0.2) is 30.8 Å². The maximum Gasteiger partial charge on any atom is 0.243 e. The average Bonchev–Trinajstić information content (AvgIpc) is 2.37. The highest BCUT2D eigenvalue weighted by Crippen LogP contribution is 2.13. The SMILES string of the molecule is CC(=O)Nc1ccc(NC(=O)CNC(=O)CN)cc1. The molecule has 0 unspecified atom stereocenters. The van der Waals surface area contributed by atoms with E-state index in [0.29, 0.717) is 11.4 Å². The molecule has 0 saturated heterocycles. The molecule has 0 aliphatic carbocycles. The van der Waals surface area contributed by atoms with Crippen molar-refractivity contribution in [3.8, 4) is 0 Å². The van der Waals surface area contributed by atoms with E-state index in [0.717, 1.165) is 0 Å². The van der Waals surface area contributed by atoms with Crippen molar-refractivity contribution in [3.05, 3.63) is 24.3 Å². The number of hydrogen-bond acceptors (Lipinski definition) is 4.